The van der Waals surface area contributed by atoms with E-state index in [1.165, 1.54) is 16.8 Å². The lowest BCUT2D eigenvalue weighted by molar-refractivity contribution is 0.599. The van der Waals surface area contributed by atoms with Crippen molar-refractivity contribution in [2.24, 2.45) is 0 Å². The van der Waals surface area contributed by atoms with Crippen molar-refractivity contribution >= 4 is 37.1 Å². The molecule has 1 N–H and O–H groups in total. The first-order chi connectivity index (χ1) is 12.2. The van der Waals surface area contributed by atoms with E-state index in [-0.39, 0.29) is 20.5 Å². The Hall–Kier alpha value is -2.36. The van der Waals surface area contributed by atoms with Crippen molar-refractivity contribution in [3.63, 3.8) is 0 Å². The van der Waals surface area contributed by atoms with Crippen LogP contribution in [0.2, 0.25) is 5.02 Å². The fraction of sp³-hybridized carbons (Fsp3) is 0.0625. The van der Waals surface area contributed by atoms with E-state index in [2.05, 4.69) is 9.82 Å². The Morgan fingerprint density at radius 1 is 1.04 bits per heavy atom. The van der Waals surface area contributed by atoms with Crippen LogP contribution in [0.15, 0.2) is 70.7 Å². The van der Waals surface area contributed by atoms with Gasteiger partial charge in [-0.3, -0.25) is 4.72 Å². The lowest BCUT2D eigenvalue weighted by Gasteiger charge is -2.14. The number of para-hydroxylation sites is 2. The molecule has 0 fully saturated rings. The third kappa shape index (κ3) is 3.74. The highest BCUT2D eigenvalue weighted by Crippen LogP contribution is 2.28. The maximum atomic E-state index is 12.8. The third-order valence-electron chi connectivity index (χ3n) is 3.52. The maximum Gasteiger partial charge on any atom is 0.263 e. The lowest BCUT2D eigenvalue weighted by Crippen LogP contribution is -2.16. The Kier molecular flexibility index (Phi) is 4.78. The van der Waals surface area contributed by atoms with Crippen LogP contribution in [0.1, 0.15) is 0 Å². The zero-order chi connectivity index (χ0) is 18.9. The summed E-state index contributed by atoms with van der Waals surface area (Å²) in [7, 11) is -7.71. The molecule has 0 saturated heterocycles. The van der Waals surface area contributed by atoms with E-state index in [1.807, 2.05) is 0 Å². The van der Waals surface area contributed by atoms with Crippen LogP contribution >= 0.6 is 11.6 Å². The molecule has 3 aromatic rings. The summed E-state index contributed by atoms with van der Waals surface area (Å²) in [5.74, 6) is 0. The number of nitrogens with one attached hydrogen (secondary N) is 1. The molecule has 0 spiro atoms. The second-order valence-corrected chi connectivity index (χ2v) is 9.51. The van der Waals surface area contributed by atoms with Gasteiger partial charge in [0.25, 0.3) is 10.0 Å². The molecule has 0 aliphatic rings. The number of hydrogen-bond donors (Lipinski definition) is 1. The quantitative estimate of drug-likeness (QED) is 0.696. The van der Waals surface area contributed by atoms with Crippen LogP contribution in [-0.2, 0) is 19.9 Å². The molecule has 10 heteroatoms. The van der Waals surface area contributed by atoms with Gasteiger partial charge in [-0.15, -0.1) is 0 Å². The standard InChI is InChI=1S/C16H14ClN3O4S2/c1-25(21,22)12-7-8-13(17)16(11-12)26(23,24)19-14-5-2-3-6-15(14)20-10-4-9-18-20/h2-11,19H,1H3. The van der Waals surface area contributed by atoms with Crippen molar-refractivity contribution in [2.75, 3.05) is 11.0 Å². The summed E-state index contributed by atoms with van der Waals surface area (Å²) in [5, 5.41) is 4.01. The van der Waals surface area contributed by atoms with Crippen molar-refractivity contribution in [3.8, 4) is 5.69 Å². The van der Waals surface area contributed by atoms with Gasteiger partial charge in [0.2, 0.25) is 0 Å². The van der Waals surface area contributed by atoms with Crippen LogP contribution < -0.4 is 4.72 Å². The smallest absolute Gasteiger partial charge is 0.263 e. The first kappa shape index (κ1) is 18.4. The molecule has 1 aromatic heterocycles. The minimum atomic E-state index is -4.13. The molecule has 26 heavy (non-hydrogen) atoms. The van der Waals surface area contributed by atoms with Gasteiger partial charge in [-0.2, -0.15) is 5.10 Å². The predicted molar refractivity (Wildman–Crippen MR) is 98.9 cm³/mol. The molecule has 0 aliphatic heterocycles. The highest BCUT2D eigenvalue weighted by molar-refractivity contribution is 7.93. The van der Waals surface area contributed by atoms with Crippen molar-refractivity contribution < 1.29 is 16.8 Å². The van der Waals surface area contributed by atoms with Gasteiger partial charge in [0.05, 0.1) is 21.3 Å². The van der Waals surface area contributed by atoms with Crippen LogP contribution in [-0.4, -0.2) is 32.9 Å². The first-order valence-corrected chi connectivity index (χ1v) is 11.1. The number of rotatable bonds is 5. The summed E-state index contributed by atoms with van der Waals surface area (Å²) < 4.78 is 53.0. The Bertz CT molecular complexity index is 1160. The van der Waals surface area contributed by atoms with Gasteiger partial charge in [-0.1, -0.05) is 23.7 Å². The number of sulfonamides is 1. The van der Waals surface area contributed by atoms with E-state index >= 15 is 0 Å². The number of anilines is 1. The molecule has 0 bridgehead atoms. The highest BCUT2D eigenvalue weighted by atomic mass is 35.5. The van der Waals surface area contributed by atoms with Crippen molar-refractivity contribution in [1.82, 2.24) is 9.78 Å². The molecule has 0 unspecified atom stereocenters. The highest BCUT2D eigenvalue weighted by Gasteiger charge is 2.22. The van der Waals surface area contributed by atoms with E-state index in [0.29, 0.717) is 5.69 Å². The molecule has 0 atom stereocenters. The topological polar surface area (TPSA) is 98.1 Å². The fourth-order valence-electron chi connectivity index (χ4n) is 2.29. The average Bonchev–Trinajstić information content (AvgIpc) is 3.08. The summed E-state index contributed by atoms with van der Waals surface area (Å²) >= 11 is 6.00. The Morgan fingerprint density at radius 2 is 1.77 bits per heavy atom. The van der Waals surface area contributed by atoms with Crippen LogP contribution in [0.5, 0.6) is 0 Å². The normalized spacial score (nSPS) is 12.1. The van der Waals surface area contributed by atoms with E-state index in [4.69, 9.17) is 11.6 Å². The van der Waals surface area contributed by atoms with Gasteiger partial charge in [-0.05, 0) is 36.4 Å². The SMILES string of the molecule is CS(=O)(=O)c1ccc(Cl)c(S(=O)(=O)Nc2ccccc2-n2cccn2)c1. The molecule has 136 valence electrons. The molecular formula is C16H14ClN3O4S2. The lowest BCUT2D eigenvalue weighted by atomic mass is 10.3. The summed E-state index contributed by atoms with van der Waals surface area (Å²) in [4.78, 5) is -0.458. The Balaban J connectivity index is 2.07. The van der Waals surface area contributed by atoms with E-state index in [9.17, 15) is 16.8 Å². The summed E-state index contributed by atoms with van der Waals surface area (Å²) in [6.07, 6.45) is 4.23. The van der Waals surface area contributed by atoms with E-state index in [0.717, 1.165) is 12.3 Å². The summed E-state index contributed by atoms with van der Waals surface area (Å²) in [6.45, 7) is 0. The third-order valence-corrected chi connectivity index (χ3v) is 6.48. The Morgan fingerprint density at radius 3 is 2.42 bits per heavy atom. The molecule has 0 aliphatic carbocycles. The first-order valence-electron chi connectivity index (χ1n) is 7.30. The monoisotopic (exact) mass is 411 g/mol. The van der Waals surface area contributed by atoms with E-state index < -0.39 is 19.9 Å². The fourth-order valence-corrected chi connectivity index (χ4v) is 4.61. The number of aromatic nitrogens is 2. The molecule has 7 nitrogen and oxygen atoms in total. The zero-order valence-corrected chi connectivity index (χ0v) is 15.9. The second-order valence-electron chi connectivity index (χ2n) is 5.44. The molecule has 0 saturated carbocycles. The minimum absolute atomic E-state index is 0.0820. The van der Waals surface area contributed by atoms with Gasteiger partial charge < -0.3 is 0 Å². The largest absolute Gasteiger partial charge is 0.277 e. The number of benzene rings is 2. The number of hydrogen-bond acceptors (Lipinski definition) is 5. The van der Waals surface area contributed by atoms with Crippen LogP contribution in [0.4, 0.5) is 5.69 Å². The molecule has 0 amide bonds. The van der Waals surface area contributed by atoms with Gasteiger partial charge in [0.15, 0.2) is 9.84 Å². The van der Waals surface area contributed by atoms with Gasteiger partial charge in [0, 0.05) is 18.6 Å². The van der Waals surface area contributed by atoms with Crippen molar-refractivity contribution in [2.45, 2.75) is 9.79 Å². The number of nitrogens with zero attached hydrogens (tertiary/aromatic N) is 2. The maximum absolute atomic E-state index is 12.8. The molecular weight excluding hydrogens is 398 g/mol. The van der Waals surface area contributed by atoms with Gasteiger partial charge >= 0.3 is 0 Å². The van der Waals surface area contributed by atoms with Crippen molar-refractivity contribution in [3.05, 3.63) is 65.9 Å². The average molecular weight is 412 g/mol. The molecule has 1 heterocycles. The zero-order valence-electron chi connectivity index (χ0n) is 13.5. The van der Waals surface area contributed by atoms with Gasteiger partial charge in [0.1, 0.15) is 4.90 Å². The van der Waals surface area contributed by atoms with Crippen LogP contribution in [0.25, 0.3) is 5.69 Å². The molecule has 0 radical (unpaired) electrons. The van der Waals surface area contributed by atoms with Gasteiger partial charge in [-0.25, -0.2) is 21.5 Å². The van der Waals surface area contributed by atoms with Crippen LogP contribution in [0.3, 0.4) is 0 Å². The summed E-state index contributed by atoms with van der Waals surface area (Å²) in [5.41, 5.74) is 0.786. The second kappa shape index (κ2) is 6.75. The van der Waals surface area contributed by atoms with Crippen molar-refractivity contribution in [1.29, 1.82) is 0 Å². The minimum Gasteiger partial charge on any atom is -0.277 e. The molecule has 2 aromatic carbocycles. The predicted octanol–water partition coefficient (Wildman–Crippen LogP) is 2.73. The number of sulfone groups is 1. The van der Waals surface area contributed by atoms with E-state index in [1.54, 1.807) is 42.7 Å². The Labute approximate surface area is 156 Å². The van der Waals surface area contributed by atoms with Crippen LogP contribution in [0, 0.1) is 0 Å². The number of halogens is 1. The molecule has 3 rings (SSSR count). The summed E-state index contributed by atoms with van der Waals surface area (Å²) in [6, 6.07) is 11.9.